The highest BCUT2D eigenvalue weighted by Crippen LogP contribution is 2.66. The summed E-state index contributed by atoms with van der Waals surface area (Å²) in [7, 11) is 0. The summed E-state index contributed by atoms with van der Waals surface area (Å²) in [5.74, 6) is 3.61. The van der Waals surface area contributed by atoms with Crippen molar-refractivity contribution >= 4 is 26.7 Å². The molecule has 0 aliphatic heterocycles. The number of aromatic nitrogens is 3. The smallest absolute Gasteiger partial charge is 0.164 e. The largest absolute Gasteiger partial charge is 0.208 e. The number of hydrogen-bond acceptors (Lipinski definition) is 3. The second-order valence-corrected chi connectivity index (χ2v) is 19.5. The fourth-order valence-corrected chi connectivity index (χ4v) is 12.2. The summed E-state index contributed by atoms with van der Waals surface area (Å²) in [5.41, 5.74) is 13.7. The maximum absolute atomic E-state index is 5.12. The molecule has 0 N–H and O–H groups in total. The van der Waals surface area contributed by atoms with Crippen molar-refractivity contribution in [2.45, 2.75) is 49.4 Å². The molecule has 4 saturated carbocycles. The average Bonchev–Trinajstić information content (AvgIpc) is 3.34. The molecule has 4 fully saturated rings. The number of benzene rings is 8. The van der Waals surface area contributed by atoms with E-state index in [1.165, 1.54) is 70.6 Å². The van der Waals surface area contributed by atoms with E-state index >= 15 is 0 Å². The molecular weight excluding hydrogens is 831 g/mol. The van der Waals surface area contributed by atoms with Crippen molar-refractivity contribution in [3.63, 3.8) is 0 Å². The van der Waals surface area contributed by atoms with Crippen LogP contribution in [0, 0.1) is 11.8 Å². The lowest BCUT2D eigenvalue weighted by molar-refractivity contribution is -0.0281. The SMILES string of the molecule is Brc1ccc(C23CC4CC(C2)CC(c2ccc(-c5ccc6cc(-c7nc(-c8ccc(-c9ccccc9)cc8)nc(-c8ccc(-c9ccccc9)cc8)n7)ccc6c5)cc2)(C4)C3)cc1. The Kier molecular flexibility index (Phi) is 9.34. The summed E-state index contributed by atoms with van der Waals surface area (Å²) < 4.78 is 1.17. The molecule has 4 aliphatic rings. The topological polar surface area (TPSA) is 38.7 Å². The van der Waals surface area contributed by atoms with Gasteiger partial charge in [0.05, 0.1) is 0 Å². The quantitative estimate of drug-likeness (QED) is 0.153. The van der Waals surface area contributed by atoms with Crippen LogP contribution in [0.4, 0.5) is 0 Å². The highest BCUT2D eigenvalue weighted by molar-refractivity contribution is 9.10. The zero-order valence-electron chi connectivity index (χ0n) is 35.1. The molecule has 0 spiro atoms. The van der Waals surface area contributed by atoms with Gasteiger partial charge in [0.2, 0.25) is 0 Å². The summed E-state index contributed by atoms with van der Waals surface area (Å²) in [6.45, 7) is 0. The van der Waals surface area contributed by atoms with Crippen molar-refractivity contribution in [2.75, 3.05) is 0 Å². The Bertz CT molecular complexity index is 2990. The monoisotopic (exact) mass is 875 g/mol. The third-order valence-corrected chi connectivity index (χ3v) is 15.1. The molecule has 9 aromatic rings. The lowest BCUT2D eigenvalue weighted by atomic mass is 9.42. The fourth-order valence-electron chi connectivity index (χ4n) is 12.0. The van der Waals surface area contributed by atoms with Crippen molar-refractivity contribution in [1.82, 2.24) is 15.0 Å². The van der Waals surface area contributed by atoms with Crippen molar-refractivity contribution in [3.05, 3.63) is 210 Å². The van der Waals surface area contributed by atoms with Crippen molar-refractivity contribution in [2.24, 2.45) is 11.8 Å². The number of rotatable bonds is 8. The highest BCUT2D eigenvalue weighted by Gasteiger charge is 2.58. The van der Waals surface area contributed by atoms with Crippen LogP contribution in [-0.2, 0) is 10.8 Å². The van der Waals surface area contributed by atoms with Gasteiger partial charge in [0.15, 0.2) is 17.5 Å². The van der Waals surface area contributed by atoms with Crippen LogP contribution in [0.5, 0.6) is 0 Å². The maximum Gasteiger partial charge on any atom is 0.164 e. The van der Waals surface area contributed by atoms with E-state index in [1.807, 2.05) is 12.1 Å². The van der Waals surface area contributed by atoms with Crippen LogP contribution in [0.25, 0.3) is 78.3 Å². The molecule has 2 unspecified atom stereocenters. The highest BCUT2D eigenvalue weighted by atomic mass is 79.9. The van der Waals surface area contributed by atoms with Gasteiger partial charge in [0.25, 0.3) is 0 Å². The van der Waals surface area contributed by atoms with Crippen LogP contribution in [0.2, 0.25) is 0 Å². The summed E-state index contributed by atoms with van der Waals surface area (Å²) in [5, 5.41) is 2.35. The van der Waals surface area contributed by atoms with E-state index in [9.17, 15) is 0 Å². The fraction of sp³-hybridized carbons (Fsp3) is 0.169. The van der Waals surface area contributed by atoms with Crippen LogP contribution >= 0.6 is 15.9 Å². The van der Waals surface area contributed by atoms with E-state index in [4.69, 9.17) is 15.0 Å². The van der Waals surface area contributed by atoms with Gasteiger partial charge in [0, 0.05) is 21.2 Å². The Hall–Kier alpha value is -6.49. The maximum atomic E-state index is 5.12. The zero-order valence-corrected chi connectivity index (χ0v) is 36.7. The Morgan fingerprint density at radius 3 is 1.19 bits per heavy atom. The van der Waals surface area contributed by atoms with Gasteiger partial charge in [-0.25, -0.2) is 15.0 Å². The normalized spacial score (nSPS) is 21.2. The third kappa shape index (κ3) is 7.11. The minimum Gasteiger partial charge on any atom is -0.208 e. The molecule has 13 rings (SSSR count). The zero-order chi connectivity index (χ0) is 42.0. The summed E-state index contributed by atoms with van der Waals surface area (Å²) >= 11 is 3.68. The van der Waals surface area contributed by atoms with E-state index < -0.39 is 0 Å². The molecule has 63 heavy (non-hydrogen) atoms. The molecule has 3 nitrogen and oxygen atoms in total. The second-order valence-electron chi connectivity index (χ2n) is 18.6. The first-order chi connectivity index (χ1) is 30.9. The van der Waals surface area contributed by atoms with E-state index in [0.29, 0.717) is 22.9 Å². The van der Waals surface area contributed by atoms with Crippen molar-refractivity contribution < 1.29 is 0 Å². The first-order valence-electron chi connectivity index (χ1n) is 22.4. The van der Waals surface area contributed by atoms with Gasteiger partial charge < -0.3 is 0 Å². The van der Waals surface area contributed by atoms with Crippen molar-refractivity contribution in [1.29, 1.82) is 0 Å². The second kappa shape index (κ2) is 15.4. The Morgan fingerprint density at radius 1 is 0.349 bits per heavy atom. The van der Waals surface area contributed by atoms with Crippen LogP contribution in [-0.4, -0.2) is 15.0 Å². The van der Waals surface area contributed by atoms with E-state index in [-0.39, 0.29) is 5.41 Å². The molecular formula is C59H46BrN3. The summed E-state index contributed by atoms with van der Waals surface area (Å²) in [6.07, 6.45) is 8.07. The first-order valence-corrected chi connectivity index (χ1v) is 23.2. The van der Waals surface area contributed by atoms with Gasteiger partial charge in [-0.2, -0.15) is 0 Å². The van der Waals surface area contributed by atoms with Gasteiger partial charge in [-0.3, -0.25) is 0 Å². The molecule has 8 aromatic carbocycles. The van der Waals surface area contributed by atoms with Crippen molar-refractivity contribution in [3.8, 4) is 67.5 Å². The molecule has 4 bridgehead atoms. The number of halogens is 1. The van der Waals surface area contributed by atoms with Gasteiger partial charge >= 0.3 is 0 Å². The third-order valence-electron chi connectivity index (χ3n) is 14.6. The minimum absolute atomic E-state index is 0.279. The molecule has 304 valence electrons. The molecule has 0 amide bonds. The molecule has 0 saturated heterocycles. The summed E-state index contributed by atoms with van der Waals surface area (Å²) in [4.78, 5) is 15.3. The van der Waals surface area contributed by atoms with Gasteiger partial charge in [-0.15, -0.1) is 0 Å². The lowest BCUT2D eigenvalue weighted by Gasteiger charge is -2.63. The molecule has 1 heterocycles. The average molecular weight is 877 g/mol. The Labute approximate surface area is 378 Å². The first kappa shape index (κ1) is 38.2. The standard InChI is InChI=1S/C59H46BrN3/c60-54-29-27-53(28-30-54)59-36-39-31-40(37-59)35-58(34-39,38-59)52-25-23-45(24-26-52)48-19-20-50-33-51(22-21-49(50)32-48)57-62-55(46-15-11-43(12-16-46)41-7-3-1-4-8-41)61-56(63-57)47-17-13-44(14-18-47)42-9-5-2-6-10-42/h1-30,32-33,39-40H,31,34-38H2. The van der Waals surface area contributed by atoms with Crippen LogP contribution in [0.3, 0.4) is 0 Å². The van der Waals surface area contributed by atoms with E-state index in [2.05, 4.69) is 198 Å². The summed E-state index contributed by atoms with van der Waals surface area (Å²) in [6, 6.07) is 70.3. The van der Waals surface area contributed by atoms with Crippen LogP contribution in [0.15, 0.2) is 199 Å². The van der Waals surface area contributed by atoms with Crippen LogP contribution in [0.1, 0.15) is 49.7 Å². The number of fused-ring (bicyclic) bond motifs is 1. The number of nitrogens with zero attached hydrogens (tertiary/aromatic N) is 3. The Morgan fingerprint density at radius 2 is 0.698 bits per heavy atom. The predicted octanol–water partition coefficient (Wildman–Crippen LogP) is 15.6. The molecule has 2 atom stereocenters. The van der Waals surface area contributed by atoms with Gasteiger partial charge in [-0.05, 0) is 141 Å². The molecule has 4 aliphatic carbocycles. The van der Waals surface area contributed by atoms with Gasteiger partial charge in [-0.1, -0.05) is 186 Å². The van der Waals surface area contributed by atoms with Gasteiger partial charge in [0.1, 0.15) is 0 Å². The number of hydrogen-bond donors (Lipinski definition) is 0. The van der Waals surface area contributed by atoms with E-state index in [0.717, 1.165) is 45.0 Å². The molecule has 4 heteroatoms. The predicted molar refractivity (Wildman–Crippen MR) is 262 cm³/mol. The Balaban J connectivity index is 0.852. The lowest BCUT2D eigenvalue weighted by Crippen LogP contribution is -2.55. The molecule has 0 radical (unpaired) electrons. The minimum atomic E-state index is 0.279. The van der Waals surface area contributed by atoms with E-state index in [1.54, 1.807) is 11.1 Å². The van der Waals surface area contributed by atoms with Crippen LogP contribution < -0.4 is 0 Å². The molecule has 1 aromatic heterocycles.